The summed E-state index contributed by atoms with van der Waals surface area (Å²) < 4.78 is 0. The fourth-order valence-electron chi connectivity index (χ4n) is 2.94. The highest BCUT2D eigenvalue weighted by molar-refractivity contribution is 5.32. The second kappa shape index (κ2) is 6.20. The summed E-state index contributed by atoms with van der Waals surface area (Å²) in [6.07, 6.45) is 8.93. The zero-order chi connectivity index (χ0) is 12.1. The molecule has 1 unspecified atom stereocenters. The number of hydrogen-bond acceptors (Lipinski definition) is 1. The molecule has 2 N–H and O–H groups in total. The van der Waals surface area contributed by atoms with Crippen molar-refractivity contribution in [2.24, 2.45) is 11.7 Å². The molecule has 1 aliphatic rings. The van der Waals surface area contributed by atoms with Crippen LogP contribution in [-0.2, 0) is 12.8 Å². The van der Waals surface area contributed by atoms with Gasteiger partial charge in [-0.3, -0.25) is 0 Å². The van der Waals surface area contributed by atoms with Crippen LogP contribution in [0.25, 0.3) is 0 Å². The van der Waals surface area contributed by atoms with Gasteiger partial charge in [0.25, 0.3) is 0 Å². The molecule has 1 nitrogen and oxygen atoms in total. The molecule has 1 atom stereocenters. The van der Waals surface area contributed by atoms with Gasteiger partial charge in [0.05, 0.1) is 0 Å². The van der Waals surface area contributed by atoms with Crippen molar-refractivity contribution in [3.05, 3.63) is 35.4 Å². The Labute approximate surface area is 105 Å². The molecule has 2 rings (SSSR count). The highest BCUT2D eigenvalue weighted by Crippen LogP contribution is 2.29. The van der Waals surface area contributed by atoms with Crippen LogP contribution in [-0.4, -0.2) is 6.04 Å². The molecule has 1 aromatic rings. The van der Waals surface area contributed by atoms with Gasteiger partial charge in [0.15, 0.2) is 0 Å². The minimum absolute atomic E-state index is 0.402. The maximum Gasteiger partial charge on any atom is 0.00735 e. The summed E-state index contributed by atoms with van der Waals surface area (Å²) in [4.78, 5) is 0. The van der Waals surface area contributed by atoms with E-state index in [1.165, 1.54) is 56.1 Å². The van der Waals surface area contributed by atoms with Gasteiger partial charge in [-0.1, -0.05) is 56.9 Å². The minimum Gasteiger partial charge on any atom is -0.327 e. The van der Waals surface area contributed by atoms with Gasteiger partial charge in [0.2, 0.25) is 0 Å². The summed E-state index contributed by atoms with van der Waals surface area (Å²) in [5, 5.41) is 0. The molecule has 0 aliphatic heterocycles. The Kier molecular flexibility index (Phi) is 4.61. The van der Waals surface area contributed by atoms with Crippen molar-refractivity contribution in [3.8, 4) is 0 Å². The molecule has 0 aromatic heterocycles. The Balaban J connectivity index is 1.78. The molecule has 0 saturated heterocycles. The quantitative estimate of drug-likeness (QED) is 0.742. The van der Waals surface area contributed by atoms with Gasteiger partial charge in [0, 0.05) is 6.04 Å². The lowest BCUT2D eigenvalue weighted by Crippen LogP contribution is -2.30. The van der Waals surface area contributed by atoms with Crippen molar-refractivity contribution in [1.82, 2.24) is 0 Å². The fraction of sp³-hybridized carbons (Fsp3) is 0.625. The van der Waals surface area contributed by atoms with E-state index >= 15 is 0 Å². The van der Waals surface area contributed by atoms with Gasteiger partial charge in [-0.05, 0) is 36.3 Å². The van der Waals surface area contributed by atoms with Crippen LogP contribution in [0, 0.1) is 5.92 Å². The molecule has 1 aliphatic carbocycles. The zero-order valence-corrected chi connectivity index (χ0v) is 11.0. The molecule has 0 spiro atoms. The van der Waals surface area contributed by atoms with Crippen LogP contribution in [0.3, 0.4) is 0 Å². The SMILES string of the molecule is CCCCCCC(N)C1Cc2ccccc2C1. The second-order valence-corrected chi connectivity index (χ2v) is 5.45. The smallest absolute Gasteiger partial charge is 0.00735 e. The Morgan fingerprint density at radius 2 is 1.76 bits per heavy atom. The first-order chi connectivity index (χ1) is 8.31. The molecule has 0 bridgehead atoms. The van der Waals surface area contributed by atoms with E-state index < -0.39 is 0 Å². The molecular formula is C16H25N. The first-order valence-electron chi connectivity index (χ1n) is 7.13. The van der Waals surface area contributed by atoms with Gasteiger partial charge in [-0.2, -0.15) is 0 Å². The summed E-state index contributed by atoms with van der Waals surface area (Å²) in [5.41, 5.74) is 9.40. The van der Waals surface area contributed by atoms with Gasteiger partial charge in [-0.25, -0.2) is 0 Å². The summed E-state index contributed by atoms with van der Waals surface area (Å²) in [7, 11) is 0. The Morgan fingerprint density at radius 1 is 1.12 bits per heavy atom. The van der Waals surface area contributed by atoms with Gasteiger partial charge < -0.3 is 5.73 Å². The van der Waals surface area contributed by atoms with Crippen molar-refractivity contribution in [2.45, 2.75) is 57.9 Å². The minimum atomic E-state index is 0.402. The number of benzene rings is 1. The second-order valence-electron chi connectivity index (χ2n) is 5.45. The van der Waals surface area contributed by atoms with Crippen LogP contribution >= 0.6 is 0 Å². The molecule has 0 amide bonds. The van der Waals surface area contributed by atoms with E-state index in [1.807, 2.05) is 0 Å². The largest absolute Gasteiger partial charge is 0.327 e. The fourth-order valence-corrected chi connectivity index (χ4v) is 2.94. The van der Waals surface area contributed by atoms with Crippen LogP contribution < -0.4 is 5.73 Å². The Bertz CT molecular complexity index is 320. The molecule has 94 valence electrons. The van der Waals surface area contributed by atoms with Crippen molar-refractivity contribution in [3.63, 3.8) is 0 Å². The van der Waals surface area contributed by atoms with E-state index in [0.717, 1.165) is 0 Å². The third-order valence-electron chi connectivity index (χ3n) is 4.08. The topological polar surface area (TPSA) is 26.0 Å². The zero-order valence-electron chi connectivity index (χ0n) is 11.0. The number of rotatable bonds is 6. The van der Waals surface area contributed by atoms with Crippen molar-refractivity contribution in [1.29, 1.82) is 0 Å². The molecule has 0 saturated carbocycles. The first-order valence-corrected chi connectivity index (χ1v) is 7.13. The number of hydrogen-bond donors (Lipinski definition) is 1. The van der Waals surface area contributed by atoms with E-state index in [9.17, 15) is 0 Å². The van der Waals surface area contributed by atoms with Crippen molar-refractivity contribution in [2.75, 3.05) is 0 Å². The van der Waals surface area contributed by atoms with Crippen molar-refractivity contribution < 1.29 is 0 Å². The maximum atomic E-state index is 6.34. The predicted octanol–water partition coefficient (Wildman–Crippen LogP) is 3.70. The summed E-state index contributed by atoms with van der Waals surface area (Å²) in [6, 6.07) is 9.22. The Hall–Kier alpha value is -0.820. The van der Waals surface area contributed by atoms with Crippen LogP contribution in [0.15, 0.2) is 24.3 Å². The van der Waals surface area contributed by atoms with E-state index in [4.69, 9.17) is 5.73 Å². The van der Waals surface area contributed by atoms with E-state index in [-0.39, 0.29) is 0 Å². The average molecular weight is 231 g/mol. The third-order valence-corrected chi connectivity index (χ3v) is 4.08. The lowest BCUT2D eigenvalue weighted by molar-refractivity contribution is 0.402. The Morgan fingerprint density at radius 3 is 2.35 bits per heavy atom. The predicted molar refractivity (Wildman–Crippen MR) is 74.1 cm³/mol. The first kappa shape index (κ1) is 12.6. The van der Waals surface area contributed by atoms with E-state index in [2.05, 4.69) is 31.2 Å². The number of fused-ring (bicyclic) bond motifs is 1. The van der Waals surface area contributed by atoms with Crippen molar-refractivity contribution >= 4 is 0 Å². The van der Waals surface area contributed by atoms with Crippen LogP contribution in [0.2, 0.25) is 0 Å². The lowest BCUT2D eigenvalue weighted by Gasteiger charge is -2.18. The summed E-state index contributed by atoms with van der Waals surface area (Å²) in [6.45, 7) is 2.26. The van der Waals surface area contributed by atoms with Gasteiger partial charge >= 0.3 is 0 Å². The lowest BCUT2D eigenvalue weighted by atomic mass is 9.93. The maximum absolute atomic E-state index is 6.34. The molecule has 1 heteroatoms. The van der Waals surface area contributed by atoms with Gasteiger partial charge in [0.1, 0.15) is 0 Å². The molecule has 1 aromatic carbocycles. The van der Waals surface area contributed by atoms with E-state index in [1.54, 1.807) is 0 Å². The molecule has 0 fully saturated rings. The molecular weight excluding hydrogens is 206 g/mol. The van der Waals surface area contributed by atoms with E-state index in [0.29, 0.717) is 12.0 Å². The highest BCUT2D eigenvalue weighted by atomic mass is 14.7. The van der Waals surface area contributed by atoms with Crippen LogP contribution in [0.1, 0.15) is 50.2 Å². The number of nitrogens with two attached hydrogens (primary N) is 1. The normalized spacial score (nSPS) is 17.1. The van der Waals surface area contributed by atoms with Crippen LogP contribution in [0.5, 0.6) is 0 Å². The molecule has 17 heavy (non-hydrogen) atoms. The molecule has 0 radical (unpaired) electrons. The number of unbranched alkanes of at least 4 members (excludes halogenated alkanes) is 3. The monoisotopic (exact) mass is 231 g/mol. The third kappa shape index (κ3) is 3.32. The van der Waals surface area contributed by atoms with Gasteiger partial charge in [-0.15, -0.1) is 0 Å². The summed E-state index contributed by atoms with van der Waals surface area (Å²) >= 11 is 0. The van der Waals surface area contributed by atoms with Crippen LogP contribution in [0.4, 0.5) is 0 Å². The molecule has 0 heterocycles. The standard InChI is InChI=1S/C16H25N/c1-2-3-4-5-10-16(17)15-11-13-8-6-7-9-14(13)12-15/h6-9,15-16H,2-5,10-12,17H2,1H3. The highest BCUT2D eigenvalue weighted by Gasteiger charge is 2.25. The summed E-state index contributed by atoms with van der Waals surface area (Å²) in [5.74, 6) is 0.689. The average Bonchev–Trinajstić information content (AvgIpc) is 2.78.